The lowest BCUT2D eigenvalue weighted by atomic mass is 10.1. The van der Waals surface area contributed by atoms with Gasteiger partial charge in [-0.3, -0.25) is 9.59 Å². The summed E-state index contributed by atoms with van der Waals surface area (Å²) in [5.41, 5.74) is 1.30. The molecule has 3 rings (SSSR count). The van der Waals surface area contributed by atoms with Gasteiger partial charge in [0.1, 0.15) is 5.82 Å². The number of anilines is 1. The van der Waals surface area contributed by atoms with Gasteiger partial charge in [-0.1, -0.05) is 24.3 Å². The molecule has 1 saturated heterocycles. The van der Waals surface area contributed by atoms with Gasteiger partial charge in [-0.2, -0.15) is 0 Å². The number of amides is 2. The van der Waals surface area contributed by atoms with E-state index in [4.69, 9.17) is 5.11 Å². The van der Waals surface area contributed by atoms with Crippen molar-refractivity contribution in [2.24, 2.45) is 5.92 Å². The summed E-state index contributed by atoms with van der Waals surface area (Å²) in [6.45, 7) is 0.522. The van der Waals surface area contributed by atoms with Crippen molar-refractivity contribution >= 4 is 23.5 Å². The minimum atomic E-state index is -0.986. The van der Waals surface area contributed by atoms with Gasteiger partial charge in [-0.25, -0.2) is 9.18 Å². The van der Waals surface area contributed by atoms with E-state index < -0.39 is 17.7 Å². The van der Waals surface area contributed by atoms with E-state index in [0.717, 1.165) is 5.56 Å². The maximum atomic E-state index is 13.9. The van der Waals surface area contributed by atoms with Crippen molar-refractivity contribution in [2.45, 2.75) is 12.8 Å². The van der Waals surface area contributed by atoms with Crippen molar-refractivity contribution in [1.82, 2.24) is 5.32 Å². The number of nitrogens with zero attached hydrogens (tertiary/aromatic N) is 1. The first-order chi connectivity index (χ1) is 13.0. The summed E-state index contributed by atoms with van der Waals surface area (Å²) in [6, 6.07) is 12.4. The number of para-hydroxylation sites is 1. The highest BCUT2D eigenvalue weighted by molar-refractivity contribution is 6.00. The molecule has 2 N–H and O–H groups in total. The topological polar surface area (TPSA) is 86.7 Å². The molecule has 0 saturated carbocycles. The molecule has 2 aromatic carbocycles. The number of hydrogen-bond donors (Lipinski definition) is 2. The molecule has 1 aliphatic rings. The molecular formula is C20H19FN2O4. The Morgan fingerprint density at radius 1 is 1.15 bits per heavy atom. The van der Waals surface area contributed by atoms with Gasteiger partial charge in [0.2, 0.25) is 11.8 Å². The second-order valence-electron chi connectivity index (χ2n) is 6.40. The molecule has 2 amide bonds. The van der Waals surface area contributed by atoms with Crippen LogP contribution in [-0.2, 0) is 16.0 Å². The molecule has 140 valence electrons. The van der Waals surface area contributed by atoms with E-state index in [1.165, 1.54) is 29.2 Å². The fourth-order valence-corrected chi connectivity index (χ4v) is 3.08. The van der Waals surface area contributed by atoms with Gasteiger partial charge in [0, 0.05) is 19.5 Å². The van der Waals surface area contributed by atoms with E-state index in [1.54, 1.807) is 24.3 Å². The van der Waals surface area contributed by atoms with Crippen LogP contribution in [0.2, 0.25) is 0 Å². The number of carboxylic acid groups (broad SMARTS) is 1. The number of carbonyl (C=O) groups is 3. The summed E-state index contributed by atoms with van der Waals surface area (Å²) in [5.74, 6) is -2.52. The Balaban J connectivity index is 1.52. The number of aromatic carboxylic acids is 1. The molecule has 0 aromatic heterocycles. The van der Waals surface area contributed by atoms with Crippen LogP contribution in [0.25, 0.3) is 0 Å². The summed E-state index contributed by atoms with van der Waals surface area (Å²) in [7, 11) is 0. The fourth-order valence-electron chi connectivity index (χ4n) is 3.08. The predicted octanol–water partition coefficient (Wildman–Crippen LogP) is 2.24. The van der Waals surface area contributed by atoms with E-state index in [2.05, 4.69) is 5.32 Å². The molecule has 1 unspecified atom stereocenters. The highest BCUT2D eigenvalue weighted by atomic mass is 19.1. The Morgan fingerprint density at radius 2 is 1.85 bits per heavy atom. The monoisotopic (exact) mass is 370 g/mol. The molecule has 2 aromatic rings. The standard InChI is InChI=1S/C20H19FN2O4/c21-16-3-1-2-4-17(16)23-12-15(11-18(23)24)19(25)22-10-9-13-5-7-14(8-6-13)20(26)27/h1-8,15H,9-12H2,(H,22,25)(H,26,27). The van der Waals surface area contributed by atoms with E-state index in [9.17, 15) is 18.8 Å². The summed E-state index contributed by atoms with van der Waals surface area (Å²) in [6.07, 6.45) is 0.594. The van der Waals surface area contributed by atoms with E-state index in [-0.39, 0.29) is 36.0 Å². The molecule has 6 nitrogen and oxygen atoms in total. The number of halogens is 1. The van der Waals surface area contributed by atoms with Crippen LogP contribution in [0.1, 0.15) is 22.3 Å². The van der Waals surface area contributed by atoms with Gasteiger partial charge < -0.3 is 15.3 Å². The first kappa shape index (κ1) is 18.6. The number of carbonyl (C=O) groups excluding carboxylic acids is 2. The largest absolute Gasteiger partial charge is 0.478 e. The van der Waals surface area contributed by atoms with Crippen molar-refractivity contribution in [1.29, 1.82) is 0 Å². The Labute approximate surface area is 155 Å². The quantitative estimate of drug-likeness (QED) is 0.816. The van der Waals surface area contributed by atoms with Gasteiger partial charge in [0.25, 0.3) is 0 Å². The van der Waals surface area contributed by atoms with Crippen molar-refractivity contribution in [3.05, 3.63) is 65.5 Å². The first-order valence-electron chi connectivity index (χ1n) is 8.60. The van der Waals surface area contributed by atoms with E-state index in [0.29, 0.717) is 13.0 Å². The van der Waals surface area contributed by atoms with E-state index in [1.807, 2.05) is 0 Å². The molecule has 0 spiro atoms. The molecule has 0 bridgehead atoms. The van der Waals surface area contributed by atoms with Gasteiger partial charge >= 0.3 is 5.97 Å². The normalized spacial score (nSPS) is 16.4. The number of benzene rings is 2. The van der Waals surface area contributed by atoms with Gasteiger partial charge in [0.15, 0.2) is 0 Å². The fraction of sp³-hybridized carbons (Fsp3) is 0.250. The van der Waals surface area contributed by atoms with Crippen LogP contribution >= 0.6 is 0 Å². The molecular weight excluding hydrogens is 351 g/mol. The van der Waals surface area contributed by atoms with Crippen molar-refractivity contribution in [2.75, 3.05) is 18.0 Å². The Hall–Kier alpha value is -3.22. The third-order valence-electron chi connectivity index (χ3n) is 4.55. The maximum Gasteiger partial charge on any atom is 0.335 e. The first-order valence-corrected chi connectivity index (χ1v) is 8.60. The average molecular weight is 370 g/mol. The molecule has 1 atom stereocenters. The van der Waals surface area contributed by atoms with Crippen LogP contribution in [-0.4, -0.2) is 36.0 Å². The van der Waals surface area contributed by atoms with Crippen molar-refractivity contribution in [3.8, 4) is 0 Å². The number of rotatable bonds is 6. The second kappa shape index (κ2) is 7.99. The second-order valence-corrected chi connectivity index (χ2v) is 6.40. The minimum absolute atomic E-state index is 0.0491. The maximum absolute atomic E-state index is 13.9. The van der Waals surface area contributed by atoms with Crippen LogP contribution in [0.3, 0.4) is 0 Å². The third-order valence-corrected chi connectivity index (χ3v) is 4.55. The number of hydrogen-bond acceptors (Lipinski definition) is 3. The Morgan fingerprint density at radius 3 is 2.52 bits per heavy atom. The van der Waals surface area contributed by atoms with Gasteiger partial charge in [-0.05, 0) is 36.2 Å². The predicted molar refractivity (Wildman–Crippen MR) is 97.0 cm³/mol. The Kier molecular flexibility index (Phi) is 5.49. The molecule has 0 aliphatic carbocycles. The molecule has 1 fully saturated rings. The van der Waals surface area contributed by atoms with Crippen LogP contribution in [0, 0.1) is 11.7 Å². The zero-order chi connectivity index (χ0) is 19.4. The highest BCUT2D eigenvalue weighted by Gasteiger charge is 2.35. The van der Waals surface area contributed by atoms with Gasteiger partial charge in [-0.15, -0.1) is 0 Å². The minimum Gasteiger partial charge on any atom is -0.478 e. The van der Waals surface area contributed by atoms with Gasteiger partial charge in [0.05, 0.1) is 17.2 Å². The smallest absolute Gasteiger partial charge is 0.335 e. The number of nitrogens with one attached hydrogen (secondary N) is 1. The zero-order valence-corrected chi connectivity index (χ0v) is 14.5. The van der Waals surface area contributed by atoms with E-state index >= 15 is 0 Å². The molecule has 1 aliphatic heterocycles. The molecule has 1 heterocycles. The molecule has 7 heteroatoms. The lowest BCUT2D eigenvalue weighted by Crippen LogP contribution is -2.34. The lowest BCUT2D eigenvalue weighted by molar-refractivity contribution is -0.126. The third kappa shape index (κ3) is 4.31. The highest BCUT2D eigenvalue weighted by Crippen LogP contribution is 2.27. The van der Waals surface area contributed by atoms with Crippen LogP contribution in [0.15, 0.2) is 48.5 Å². The van der Waals surface area contributed by atoms with Crippen molar-refractivity contribution in [3.63, 3.8) is 0 Å². The summed E-state index contributed by atoms with van der Waals surface area (Å²) in [4.78, 5) is 36.6. The summed E-state index contributed by atoms with van der Waals surface area (Å²) < 4.78 is 13.9. The molecule has 27 heavy (non-hydrogen) atoms. The van der Waals surface area contributed by atoms with Crippen LogP contribution in [0.5, 0.6) is 0 Å². The van der Waals surface area contributed by atoms with Crippen molar-refractivity contribution < 1.29 is 23.9 Å². The number of carboxylic acids is 1. The zero-order valence-electron chi connectivity index (χ0n) is 14.5. The van der Waals surface area contributed by atoms with Crippen LogP contribution in [0.4, 0.5) is 10.1 Å². The SMILES string of the molecule is O=C(O)c1ccc(CCNC(=O)C2CC(=O)N(c3ccccc3F)C2)cc1. The Bertz CT molecular complexity index is 867. The van der Waals surface area contributed by atoms with Crippen LogP contribution < -0.4 is 10.2 Å². The summed E-state index contributed by atoms with van der Waals surface area (Å²) in [5, 5.41) is 11.7. The lowest BCUT2D eigenvalue weighted by Gasteiger charge is -2.17. The average Bonchev–Trinajstić information content (AvgIpc) is 3.04. The summed E-state index contributed by atoms with van der Waals surface area (Å²) >= 11 is 0. The molecule has 0 radical (unpaired) electrons.